The normalized spacial score (nSPS) is 11.2. The first-order valence-electron chi connectivity index (χ1n) is 24.7. The second-order valence-electron chi connectivity index (χ2n) is 17.9. The maximum atomic E-state index is 8.49. The van der Waals surface area contributed by atoms with Crippen LogP contribution in [-0.4, -0.2) is 0 Å². The van der Waals surface area contributed by atoms with Crippen molar-refractivity contribution in [2.24, 2.45) is 0 Å². The zero-order valence-electron chi connectivity index (χ0n) is 41.4. The molecular formula is C64H54Cl2N2O8. The lowest BCUT2D eigenvalue weighted by molar-refractivity contribution is -2.00. The SMILES string of the molecule is [O-][Cl+3]([O-])([O-])[O-].[O-][Cl+3]([O-])([O-])[O-].c1ccc(-c2cc(-c3ccccc3)c(-c3cc[n+](CCCCCC[n+]4ccc(-c5c(-c6ccccc6)cc(-c6ccccc6)cc5-c5ccccc5)cc4)cc3)c(-c3ccccc3)c2)cc1. The van der Waals surface area contributed by atoms with Crippen LogP contribution in [0.15, 0.2) is 255 Å². The van der Waals surface area contributed by atoms with E-state index >= 15 is 0 Å². The van der Waals surface area contributed by atoms with Crippen LogP contribution in [0.3, 0.4) is 0 Å². The molecular weight excluding hydrogens is 996 g/mol. The molecule has 0 bridgehead atoms. The van der Waals surface area contributed by atoms with Crippen molar-refractivity contribution in [2.45, 2.75) is 38.8 Å². The van der Waals surface area contributed by atoms with Crippen LogP contribution >= 0.6 is 0 Å². The predicted molar refractivity (Wildman–Crippen MR) is 275 cm³/mol. The lowest BCUT2D eigenvalue weighted by Gasteiger charge is -2.19. The fraction of sp³-hybridized carbons (Fsp3) is 0.0938. The van der Waals surface area contributed by atoms with Gasteiger partial charge in [0.25, 0.3) is 0 Å². The average Bonchev–Trinajstić information content (AvgIpc) is 3.46. The molecule has 2 aromatic heterocycles. The minimum Gasteiger partial charge on any atom is -0.222 e. The van der Waals surface area contributed by atoms with Crippen molar-refractivity contribution in [3.05, 3.63) is 255 Å². The highest BCUT2D eigenvalue weighted by atomic mass is 35.7. The Morgan fingerprint density at radius 1 is 0.237 bits per heavy atom. The van der Waals surface area contributed by atoms with Gasteiger partial charge in [-0.25, -0.2) is 46.4 Å². The molecule has 10 rings (SSSR count). The van der Waals surface area contributed by atoms with Gasteiger partial charge in [-0.2, -0.15) is 0 Å². The summed E-state index contributed by atoms with van der Waals surface area (Å²) in [6.45, 7) is 2.01. The molecule has 8 aromatic carbocycles. The molecule has 0 radical (unpaired) electrons. The van der Waals surface area contributed by atoms with Gasteiger partial charge in [0.2, 0.25) is 0 Å². The largest absolute Gasteiger partial charge is 0.222 e. The fourth-order valence-electron chi connectivity index (χ4n) is 9.37. The summed E-state index contributed by atoms with van der Waals surface area (Å²) in [6.07, 6.45) is 13.7. The van der Waals surface area contributed by atoms with E-state index in [1.165, 1.54) is 102 Å². The quantitative estimate of drug-likeness (QED) is 0.0838. The van der Waals surface area contributed by atoms with E-state index in [1.807, 2.05) is 0 Å². The molecule has 382 valence electrons. The first-order valence-corrected chi connectivity index (χ1v) is 27.1. The minimum atomic E-state index is -4.94. The van der Waals surface area contributed by atoms with Crippen LogP contribution < -0.4 is 46.4 Å². The number of pyridine rings is 2. The molecule has 0 saturated carbocycles. The molecule has 0 amide bonds. The molecule has 0 saturated heterocycles. The third kappa shape index (κ3) is 15.9. The molecule has 76 heavy (non-hydrogen) atoms. The van der Waals surface area contributed by atoms with Gasteiger partial charge in [0.1, 0.15) is 13.1 Å². The summed E-state index contributed by atoms with van der Waals surface area (Å²) >= 11 is 0. The maximum Gasteiger partial charge on any atom is 0.169 e. The van der Waals surface area contributed by atoms with Gasteiger partial charge < -0.3 is 0 Å². The van der Waals surface area contributed by atoms with E-state index in [2.05, 4.69) is 264 Å². The smallest absolute Gasteiger partial charge is 0.169 e. The maximum absolute atomic E-state index is 8.49. The predicted octanol–water partition coefficient (Wildman–Crippen LogP) is 6.35. The Bertz CT molecular complexity index is 3000. The van der Waals surface area contributed by atoms with Crippen LogP contribution in [0, 0.1) is 20.5 Å². The number of nitrogens with zero attached hydrogens (tertiary/aromatic N) is 2. The summed E-state index contributed by atoms with van der Waals surface area (Å²) in [4.78, 5) is 0. The minimum absolute atomic E-state index is 1.00. The summed E-state index contributed by atoms with van der Waals surface area (Å²) in [5.74, 6) is 0. The summed E-state index contributed by atoms with van der Waals surface area (Å²) in [5, 5.41) is 0. The first-order chi connectivity index (χ1) is 36.7. The molecule has 0 atom stereocenters. The molecule has 12 heteroatoms. The van der Waals surface area contributed by atoms with E-state index < -0.39 is 20.5 Å². The number of hydrogen-bond donors (Lipinski definition) is 0. The molecule has 0 fully saturated rings. The van der Waals surface area contributed by atoms with E-state index in [4.69, 9.17) is 37.3 Å². The Morgan fingerprint density at radius 3 is 0.671 bits per heavy atom. The van der Waals surface area contributed by atoms with Crippen LogP contribution in [0.2, 0.25) is 0 Å². The van der Waals surface area contributed by atoms with Crippen molar-refractivity contribution in [1.29, 1.82) is 0 Å². The molecule has 0 aliphatic heterocycles. The topological polar surface area (TPSA) is 192 Å². The van der Waals surface area contributed by atoms with Crippen molar-refractivity contribution >= 4 is 0 Å². The molecule has 2 heterocycles. The zero-order valence-corrected chi connectivity index (χ0v) is 42.9. The van der Waals surface area contributed by atoms with Gasteiger partial charge in [0, 0.05) is 37.1 Å². The number of aryl methyl sites for hydroxylation is 2. The Morgan fingerprint density at radius 2 is 0.447 bits per heavy atom. The summed E-state index contributed by atoms with van der Waals surface area (Å²) in [7, 11) is -9.89. The Labute approximate surface area is 447 Å². The van der Waals surface area contributed by atoms with Crippen molar-refractivity contribution < 1.29 is 66.9 Å². The van der Waals surface area contributed by atoms with E-state index in [9.17, 15) is 0 Å². The fourth-order valence-corrected chi connectivity index (χ4v) is 9.37. The Hall–Kier alpha value is -7.68. The average molecular weight is 1050 g/mol. The van der Waals surface area contributed by atoms with Crippen molar-refractivity contribution in [2.75, 3.05) is 0 Å². The van der Waals surface area contributed by atoms with Gasteiger partial charge in [-0.1, -0.05) is 182 Å². The van der Waals surface area contributed by atoms with Crippen LogP contribution in [-0.2, 0) is 13.1 Å². The second-order valence-corrected chi connectivity index (χ2v) is 19.4. The summed E-state index contributed by atoms with van der Waals surface area (Å²) in [6, 6.07) is 83.5. The van der Waals surface area contributed by atoms with Crippen LogP contribution in [0.4, 0.5) is 0 Å². The van der Waals surface area contributed by atoms with Crippen LogP contribution in [0.5, 0.6) is 0 Å². The molecule has 0 N–H and O–H groups in total. The number of rotatable bonds is 15. The molecule has 10 nitrogen and oxygen atoms in total. The van der Waals surface area contributed by atoms with Crippen molar-refractivity contribution in [3.63, 3.8) is 0 Å². The Kier molecular flexibility index (Phi) is 18.8. The summed E-state index contributed by atoms with van der Waals surface area (Å²) in [5.41, 5.74) is 19.7. The van der Waals surface area contributed by atoms with E-state index in [-0.39, 0.29) is 0 Å². The molecule has 0 aliphatic rings. The number of benzene rings is 8. The molecule has 0 spiro atoms. The third-order valence-electron chi connectivity index (χ3n) is 12.8. The van der Waals surface area contributed by atoms with Crippen molar-refractivity contribution in [1.82, 2.24) is 0 Å². The van der Waals surface area contributed by atoms with Gasteiger partial charge >= 0.3 is 0 Å². The monoisotopic (exact) mass is 1050 g/mol. The number of halogens is 2. The van der Waals surface area contributed by atoms with Gasteiger partial charge in [0.05, 0.1) is 0 Å². The van der Waals surface area contributed by atoms with E-state index in [0.29, 0.717) is 0 Å². The second kappa shape index (κ2) is 26.2. The number of unbranched alkanes of at least 4 members (excludes halogenated alkanes) is 3. The van der Waals surface area contributed by atoms with Gasteiger partial charge in [-0.05, 0) is 126 Å². The Balaban J connectivity index is 0.000000702. The highest BCUT2D eigenvalue weighted by Crippen LogP contribution is 2.45. The van der Waals surface area contributed by atoms with Gasteiger partial charge in [0.15, 0.2) is 24.8 Å². The van der Waals surface area contributed by atoms with E-state index in [1.54, 1.807) is 0 Å². The van der Waals surface area contributed by atoms with Crippen LogP contribution in [0.25, 0.3) is 89.0 Å². The summed E-state index contributed by atoms with van der Waals surface area (Å²) < 4.78 is 72.6. The zero-order chi connectivity index (χ0) is 53.3. The first kappa shape index (κ1) is 54.6. The van der Waals surface area contributed by atoms with Gasteiger partial charge in [-0.3, -0.25) is 0 Å². The number of hydrogen-bond acceptors (Lipinski definition) is 8. The third-order valence-corrected chi connectivity index (χ3v) is 12.8. The lowest BCUT2D eigenvalue weighted by Crippen LogP contribution is -2.68. The number of aromatic nitrogens is 2. The standard InChI is InChI=1S/C64H54N2.2ClHO4/c1(21-39-65-41-35-55(36-42-65)63-59(51-27-13-5-14-28-51)45-57(49-23-9-3-10-24-49)46-60(63)52-29-15-6-16-30-52)2-22-40-66-43-37-56(38-44-66)64-61(53-31-17-7-18-32-53)47-58(50-25-11-4-12-26-50)48-62(64)54-33-19-8-20-34-54;2*2-1(3,4)5/h3-20,23-38,41-48H,1-2,21-22,39-40H2;2*(H,2,3,4,5)/q+2;;/p-2. The lowest BCUT2D eigenvalue weighted by atomic mass is 9.85. The van der Waals surface area contributed by atoms with Gasteiger partial charge in [-0.15, -0.1) is 20.5 Å². The molecule has 0 aliphatic carbocycles. The van der Waals surface area contributed by atoms with Crippen LogP contribution in [0.1, 0.15) is 25.7 Å². The van der Waals surface area contributed by atoms with E-state index in [0.717, 1.165) is 25.9 Å². The van der Waals surface area contributed by atoms with Crippen molar-refractivity contribution in [3.8, 4) is 89.0 Å². The molecule has 10 aromatic rings. The molecule has 0 unspecified atom stereocenters. The highest BCUT2D eigenvalue weighted by molar-refractivity contribution is 5.99. The highest BCUT2D eigenvalue weighted by Gasteiger charge is 2.20.